The Balaban J connectivity index is 2.30. The van der Waals surface area contributed by atoms with Gasteiger partial charge in [-0.1, -0.05) is 12.7 Å². The average Bonchev–Trinajstić information content (AvgIpc) is 2.41. The van der Waals surface area contributed by atoms with Gasteiger partial charge in [-0.25, -0.2) is 4.39 Å². The summed E-state index contributed by atoms with van der Waals surface area (Å²) in [5, 5.41) is 0. The van der Waals surface area contributed by atoms with Gasteiger partial charge in [0.1, 0.15) is 6.17 Å². The Morgan fingerprint density at radius 2 is 2.50 bits per heavy atom. The van der Waals surface area contributed by atoms with Crippen molar-refractivity contribution in [1.82, 2.24) is 4.90 Å². The highest BCUT2D eigenvalue weighted by Gasteiger charge is 2.31. The Morgan fingerprint density at radius 1 is 1.70 bits per heavy atom. The average molecular weight is 139 g/mol. The second-order valence-corrected chi connectivity index (χ2v) is 2.82. The molecule has 54 valence electrons. The largest absolute Gasteiger partial charge is 0.368 e. The molecule has 1 fully saturated rings. The number of halogens is 1. The van der Waals surface area contributed by atoms with Crippen LogP contribution >= 0.6 is 0 Å². The number of fused-ring (bicyclic) bond motifs is 1. The van der Waals surface area contributed by atoms with Crippen LogP contribution < -0.4 is 0 Å². The number of hydrogen-bond acceptors (Lipinski definition) is 1. The third-order valence-electron chi connectivity index (χ3n) is 2.17. The molecular formula is C8H10FN. The quantitative estimate of drug-likeness (QED) is 0.491. The zero-order chi connectivity index (χ0) is 7.14. The molecule has 2 aliphatic rings. The molecule has 1 unspecified atom stereocenters. The molecule has 2 rings (SSSR count). The Hall–Kier alpha value is -0.790. The molecule has 0 amide bonds. The predicted octanol–water partition coefficient (Wildman–Crippen LogP) is 1.48. The fraction of sp³-hybridized carbons (Fsp3) is 0.500. The van der Waals surface area contributed by atoms with Crippen molar-refractivity contribution < 1.29 is 4.39 Å². The van der Waals surface area contributed by atoms with Crippen molar-refractivity contribution in [3.63, 3.8) is 0 Å². The van der Waals surface area contributed by atoms with Gasteiger partial charge in [-0.2, -0.15) is 0 Å². The van der Waals surface area contributed by atoms with Crippen LogP contribution in [0.25, 0.3) is 0 Å². The molecule has 0 N–H and O–H groups in total. The molecule has 2 aliphatic heterocycles. The summed E-state index contributed by atoms with van der Waals surface area (Å²) in [6.07, 6.45) is 2.31. The fourth-order valence-corrected chi connectivity index (χ4v) is 1.59. The van der Waals surface area contributed by atoms with Gasteiger partial charge in [0.2, 0.25) is 0 Å². The lowest BCUT2D eigenvalue weighted by molar-refractivity contribution is 0.324. The number of nitrogens with zero attached hydrogens (tertiary/aromatic N) is 1. The molecule has 0 aliphatic carbocycles. The van der Waals surface area contributed by atoms with Crippen molar-refractivity contribution in [3.8, 4) is 0 Å². The van der Waals surface area contributed by atoms with Crippen molar-refractivity contribution >= 4 is 0 Å². The lowest BCUT2D eigenvalue weighted by Crippen LogP contribution is -2.16. The van der Waals surface area contributed by atoms with Gasteiger partial charge in [0.15, 0.2) is 0 Å². The Morgan fingerprint density at radius 3 is 3.20 bits per heavy atom. The molecule has 0 spiro atoms. The first-order valence-electron chi connectivity index (χ1n) is 3.57. The van der Waals surface area contributed by atoms with Crippen LogP contribution in [0.15, 0.2) is 23.9 Å². The second kappa shape index (κ2) is 1.84. The lowest BCUT2D eigenvalue weighted by atomic mass is 10.2. The molecule has 0 bridgehead atoms. The number of hydrogen-bond donors (Lipinski definition) is 0. The van der Waals surface area contributed by atoms with E-state index in [2.05, 4.69) is 17.6 Å². The van der Waals surface area contributed by atoms with E-state index in [-0.39, 0.29) is 0 Å². The van der Waals surface area contributed by atoms with Crippen LogP contribution in [0.2, 0.25) is 0 Å². The van der Waals surface area contributed by atoms with Gasteiger partial charge in [0.05, 0.1) is 6.54 Å². The summed E-state index contributed by atoms with van der Waals surface area (Å²) in [5.41, 5.74) is 1.73. The standard InChI is InChI=1S/C8H10FN/c1-6-7(9)5-10-4-2-3-8(6)10/h3,7H,1-2,4-5H2. The van der Waals surface area contributed by atoms with E-state index in [9.17, 15) is 4.39 Å². The first-order chi connectivity index (χ1) is 4.79. The van der Waals surface area contributed by atoms with Crippen molar-refractivity contribution in [2.45, 2.75) is 12.6 Å². The van der Waals surface area contributed by atoms with Crippen LogP contribution in [0.1, 0.15) is 6.42 Å². The molecule has 1 saturated heterocycles. The van der Waals surface area contributed by atoms with Gasteiger partial charge in [-0.15, -0.1) is 0 Å². The van der Waals surface area contributed by atoms with Crippen molar-refractivity contribution in [3.05, 3.63) is 23.9 Å². The van der Waals surface area contributed by atoms with E-state index < -0.39 is 6.17 Å². The first kappa shape index (κ1) is 5.96. The van der Waals surface area contributed by atoms with Gasteiger partial charge in [0, 0.05) is 17.8 Å². The minimum Gasteiger partial charge on any atom is -0.368 e. The molecule has 2 heteroatoms. The SMILES string of the molecule is C=C1C2=CCCN2CC1F. The van der Waals surface area contributed by atoms with Crippen molar-refractivity contribution in [2.75, 3.05) is 13.1 Å². The molecule has 10 heavy (non-hydrogen) atoms. The zero-order valence-electron chi connectivity index (χ0n) is 5.81. The third kappa shape index (κ3) is 0.618. The van der Waals surface area contributed by atoms with Crippen LogP contribution in [0.4, 0.5) is 4.39 Å². The van der Waals surface area contributed by atoms with Crippen LogP contribution in [0.5, 0.6) is 0 Å². The summed E-state index contributed by atoms with van der Waals surface area (Å²) in [7, 11) is 0. The van der Waals surface area contributed by atoms with E-state index in [0.29, 0.717) is 12.1 Å². The predicted molar refractivity (Wildman–Crippen MR) is 38.3 cm³/mol. The highest BCUT2D eigenvalue weighted by molar-refractivity contribution is 5.38. The van der Waals surface area contributed by atoms with Crippen molar-refractivity contribution in [2.24, 2.45) is 0 Å². The summed E-state index contributed by atoms with van der Waals surface area (Å²) in [6, 6.07) is 0. The smallest absolute Gasteiger partial charge is 0.144 e. The topological polar surface area (TPSA) is 3.24 Å². The number of rotatable bonds is 0. The Labute approximate surface area is 59.8 Å². The highest BCUT2D eigenvalue weighted by atomic mass is 19.1. The normalized spacial score (nSPS) is 30.9. The van der Waals surface area contributed by atoms with E-state index in [1.807, 2.05) is 0 Å². The second-order valence-electron chi connectivity index (χ2n) is 2.82. The summed E-state index contributed by atoms with van der Waals surface area (Å²) < 4.78 is 12.9. The maximum absolute atomic E-state index is 12.9. The molecule has 0 saturated carbocycles. The van der Waals surface area contributed by atoms with E-state index in [4.69, 9.17) is 0 Å². The van der Waals surface area contributed by atoms with E-state index in [0.717, 1.165) is 18.7 Å². The minimum atomic E-state index is -0.813. The molecule has 0 aromatic carbocycles. The van der Waals surface area contributed by atoms with Crippen LogP contribution in [-0.2, 0) is 0 Å². The molecule has 0 aromatic heterocycles. The third-order valence-corrected chi connectivity index (χ3v) is 2.17. The van der Waals surface area contributed by atoms with Crippen LogP contribution in [0.3, 0.4) is 0 Å². The first-order valence-corrected chi connectivity index (χ1v) is 3.57. The van der Waals surface area contributed by atoms with Gasteiger partial charge in [0.25, 0.3) is 0 Å². The number of allylic oxidation sites excluding steroid dienone is 1. The molecular weight excluding hydrogens is 129 g/mol. The lowest BCUT2D eigenvalue weighted by Gasteiger charge is -2.10. The van der Waals surface area contributed by atoms with E-state index >= 15 is 0 Å². The highest BCUT2D eigenvalue weighted by Crippen LogP contribution is 2.32. The van der Waals surface area contributed by atoms with Crippen molar-refractivity contribution in [1.29, 1.82) is 0 Å². The van der Waals surface area contributed by atoms with Crippen LogP contribution in [-0.4, -0.2) is 24.2 Å². The summed E-state index contributed by atoms with van der Waals surface area (Å²) in [4.78, 5) is 2.06. The van der Waals surface area contributed by atoms with Gasteiger partial charge >= 0.3 is 0 Å². The maximum atomic E-state index is 12.9. The summed E-state index contributed by atoms with van der Waals surface area (Å²) >= 11 is 0. The van der Waals surface area contributed by atoms with E-state index in [1.54, 1.807) is 0 Å². The molecule has 1 atom stereocenters. The molecule has 0 radical (unpaired) electrons. The Bertz CT molecular complexity index is 207. The fourth-order valence-electron chi connectivity index (χ4n) is 1.59. The molecule has 2 heterocycles. The van der Waals surface area contributed by atoms with Gasteiger partial charge in [-0.05, 0) is 6.42 Å². The molecule has 1 nitrogen and oxygen atoms in total. The minimum absolute atomic E-state index is 0.532. The molecule has 0 aromatic rings. The van der Waals surface area contributed by atoms with Crippen LogP contribution in [0, 0.1) is 0 Å². The monoisotopic (exact) mass is 139 g/mol. The zero-order valence-corrected chi connectivity index (χ0v) is 5.81. The summed E-state index contributed by atoms with van der Waals surface area (Å²) in [6.45, 7) is 5.21. The Kier molecular flexibility index (Phi) is 1.10. The summed E-state index contributed by atoms with van der Waals surface area (Å²) in [5.74, 6) is 0. The van der Waals surface area contributed by atoms with Gasteiger partial charge < -0.3 is 4.90 Å². The maximum Gasteiger partial charge on any atom is 0.144 e. The van der Waals surface area contributed by atoms with Gasteiger partial charge in [-0.3, -0.25) is 0 Å². The number of alkyl halides is 1. The van der Waals surface area contributed by atoms with E-state index in [1.165, 1.54) is 0 Å².